The fourth-order valence-electron chi connectivity index (χ4n) is 7.97. The molecule has 5 nitrogen and oxygen atoms in total. The molecule has 0 aliphatic rings. The summed E-state index contributed by atoms with van der Waals surface area (Å²) in [5.41, 5.74) is 9.77. The molecule has 11 rings (SSSR count). The summed E-state index contributed by atoms with van der Waals surface area (Å²) in [6.07, 6.45) is 0. The lowest BCUT2D eigenvalue weighted by Gasteiger charge is -2.13. The van der Waals surface area contributed by atoms with Crippen molar-refractivity contribution in [2.45, 2.75) is 0 Å². The molecule has 0 spiro atoms. The standard InChI is InChI=1S/C45H27N5/c1-2-13-28(14-3-1)30-15-4-5-19-37(30)44-46-43(47-45(48-44)50-39-23-10-6-16-31(39)32-17-7-11-24-40(32)50)29-25-26-34-36-21-12-20-35-33-18-8-9-22-38(33)49(42(35)36)41(34)27-29/h1-27H. The maximum absolute atomic E-state index is 5.28. The van der Waals surface area contributed by atoms with Crippen molar-refractivity contribution in [3.8, 4) is 39.9 Å². The van der Waals surface area contributed by atoms with Gasteiger partial charge in [-0.15, -0.1) is 0 Å². The van der Waals surface area contributed by atoms with E-state index in [1.807, 2.05) is 6.07 Å². The fourth-order valence-corrected chi connectivity index (χ4v) is 7.97. The highest BCUT2D eigenvalue weighted by molar-refractivity contribution is 6.23. The number of aromatic nitrogens is 5. The molecular formula is C45H27N5. The van der Waals surface area contributed by atoms with Crippen molar-refractivity contribution in [3.63, 3.8) is 0 Å². The summed E-state index contributed by atoms with van der Waals surface area (Å²) in [5, 5.41) is 7.31. The van der Waals surface area contributed by atoms with Crippen LogP contribution in [0, 0.1) is 0 Å². The molecule has 0 aliphatic carbocycles. The molecule has 4 heterocycles. The summed E-state index contributed by atoms with van der Waals surface area (Å²) in [7, 11) is 0. The molecule has 0 amide bonds. The van der Waals surface area contributed by atoms with Gasteiger partial charge in [-0.25, -0.2) is 4.98 Å². The fraction of sp³-hybridized carbons (Fsp3) is 0. The van der Waals surface area contributed by atoms with Gasteiger partial charge in [0.05, 0.1) is 27.6 Å². The van der Waals surface area contributed by atoms with Gasteiger partial charge in [0.2, 0.25) is 5.95 Å². The van der Waals surface area contributed by atoms with Gasteiger partial charge in [0.25, 0.3) is 0 Å². The number of benzene rings is 7. The summed E-state index contributed by atoms with van der Waals surface area (Å²) in [5.74, 6) is 1.84. The van der Waals surface area contributed by atoms with Crippen LogP contribution in [0.25, 0.3) is 99.8 Å². The molecular weight excluding hydrogens is 611 g/mol. The van der Waals surface area contributed by atoms with Crippen molar-refractivity contribution in [1.82, 2.24) is 23.9 Å². The number of para-hydroxylation sites is 4. The molecule has 7 aromatic carbocycles. The maximum atomic E-state index is 5.28. The van der Waals surface area contributed by atoms with E-state index in [0.29, 0.717) is 17.6 Å². The van der Waals surface area contributed by atoms with E-state index in [1.54, 1.807) is 0 Å². The topological polar surface area (TPSA) is 48.0 Å². The SMILES string of the molecule is c1ccc(-c2ccccc2-c2nc(-c3ccc4c5cccc6c7ccccc7n(c4c3)c65)nc(-n3c4ccccc4c4ccccc43)n2)cc1. The van der Waals surface area contributed by atoms with Crippen LogP contribution in [0.2, 0.25) is 0 Å². The zero-order valence-corrected chi connectivity index (χ0v) is 26.8. The minimum Gasteiger partial charge on any atom is -0.308 e. The minimum atomic E-state index is 0.586. The Labute approximate surface area is 286 Å². The molecule has 11 aromatic rings. The second kappa shape index (κ2) is 10.3. The highest BCUT2D eigenvalue weighted by Gasteiger charge is 2.21. The third-order valence-corrected chi connectivity index (χ3v) is 10.1. The van der Waals surface area contributed by atoms with Crippen LogP contribution in [0.4, 0.5) is 0 Å². The Bertz CT molecular complexity index is 3040. The molecule has 4 aromatic heterocycles. The van der Waals surface area contributed by atoms with Crippen molar-refractivity contribution < 1.29 is 0 Å². The van der Waals surface area contributed by atoms with Crippen molar-refractivity contribution in [1.29, 1.82) is 0 Å². The number of rotatable bonds is 4. The Hall–Kier alpha value is -6.85. The monoisotopic (exact) mass is 637 g/mol. The van der Waals surface area contributed by atoms with Crippen LogP contribution >= 0.6 is 0 Å². The van der Waals surface area contributed by atoms with Crippen LogP contribution < -0.4 is 0 Å². The summed E-state index contributed by atoms with van der Waals surface area (Å²) >= 11 is 0. The summed E-state index contributed by atoms with van der Waals surface area (Å²) < 4.78 is 4.58. The van der Waals surface area contributed by atoms with E-state index in [9.17, 15) is 0 Å². The van der Waals surface area contributed by atoms with Crippen molar-refractivity contribution in [2.24, 2.45) is 0 Å². The zero-order chi connectivity index (χ0) is 32.8. The van der Waals surface area contributed by atoms with Crippen LogP contribution in [0.1, 0.15) is 0 Å². The number of hydrogen-bond acceptors (Lipinski definition) is 3. The van der Waals surface area contributed by atoms with Gasteiger partial charge in [0, 0.05) is 43.4 Å². The van der Waals surface area contributed by atoms with Crippen molar-refractivity contribution in [3.05, 3.63) is 164 Å². The van der Waals surface area contributed by atoms with Gasteiger partial charge in [0.1, 0.15) is 0 Å². The lowest BCUT2D eigenvalue weighted by atomic mass is 9.99. The molecule has 0 radical (unpaired) electrons. The van der Waals surface area contributed by atoms with E-state index >= 15 is 0 Å². The molecule has 0 N–H and O–H groups in total. The molecule has 0 saturated carbocycles. The Balaban J connectivity index is 1.22. The first-order chi connectivity index (χ1) is 24.8. The summed E-state index contributed by atoms with van der Waals surface area (Å²) in [6, 6.07) is 57.7. The van der Waals surface area contributed by atoms with Gasteiger partial charge in [-0.2, -0.15) is 9.97 Å². The average molecular weight is 638 g/mol. The van der Waals surface area contributed by atoms with Crippen LogP contribution in [-0.4, -0.2) is 23.9 Å². The lowest BCUT2D eigenvalue weighted by Crippen LogP contribution is -2.06. The number of fused-ring (bicyclic) bond motifs is 9. The van der Waals surface area contributed by atoms with E-state index in [-0.39, 0.29) is 0 Å². The molecule has 5 heteroatoms. The second-order valence-electron chi connectivity index (χ2n) is 12.9. The van der Waals surface area contributed by atoms with Crippen molar-refractivity contribution >= 4 is 59.9 Å². The van der Waals surface area contributed by atoms with Crippen LogP contribution in [0.5, 0.6) is 0 Å². The molecule has 50 heavy (non-hydrogen) atoms. The summed E-state index contributed by atoms with van der Waals surface area (Å²) in [6.45, 7) is 0. The number of nitrogens with zero attached hydrogens (tertiary/aromatic N) is 5. The Morgan fingerprint density at radius 2 is 0.880 bits per heavy atom. The highest BCUT2D eigenvalue weighted by atomic mass is 15.2. The smallest absolute Gasteiger partial charge is 0.238 e. The first-order valence-electron chi connectivity index (χ1n) is 16.9. The van der Waals surface area contributed by atoms with Crippen LogP contribution in [-0.2, 0) is 0 Å². The predicted octanol–water partition coefficient (Wildman–Crippen LogP) is 11.1. The van der Waals surface area contributed by atoms with Gasteiger partial charge in [-0.05, 0) is 35.4 Å². The summed E-state index contributed by atoms with van der Waals surface area (Å²) in [4.78, 5) is 15.8. The molecule has 0 bridgehead atoms. The lowest BCUT2D eigenvalue weighted by molar-refractivity contribution is 0.954. The van der Waals surface area contributed by atoms with Gasteiger partial charge >= 0.3 is 0 Å². The average Bonchev–Trinajstić information content (AvgIpc) is 3.83. The van der Waals surface area contributed by atoms with E-state index in [1.165, 1.54) is 32.6 Å². The van der Waals surface area contributed by atoms with Crippen LogP contribution in [0.3, 0.4) is 0 Å². The normalized spacial score (nSPS) is 12.0. The Kier molecular flexibility index (Phi) is 5.60. The van der Waals surface area contributed by atoms with Crippen LogP contribution in [0.15, 0.2) is 164 Å². The van der Waals surface area contributed by atoms with E-state index in [4.69, 9.17) is 15.0 Å². The Morgan fingerprint density at radius 1 is 0.340 bits per heavy atom. The second-order valence-corrected chi connectivity index (χ2v) is 12.9. The number of hydrogen-bond donors (Lipinski definition) is 0. The predicted molar refractivity (Wildman–Crippen MR) is 205 cm³/mol. The van der Waals surface area contributed by atoms with E-state index < -0.39 is 0 Å². The third kappa shape index (κ3) is 3.80. The van der Waals surface area contributed by atoms with E-state index in [0.717, 1.165) is 49.6 Å². The molecule has 0 atom stereocenters. The molecule has 0 saturated heterocycles. The maximum Gasteiger partial charge on any atom is 0.238 e. The quantitative estimate of drug-likeness (QED) is 0.193. The first-order valence-corrected chi connectivity index (χ1v) is 16.9. The largest absolute Gasteiger partial charge is 0.308 e. The molecule has 0 fully saturated rings. The minimum absolute atomic E-state index is 0.586. The zero-order valence-electron chi connectivity index (χ0n) is 26.8. The van der Waals surface area contributed by atoms with Gasteiger partial charge < -0.3 is 4.40 Å². The molecule has 0 unspecified atom stereocenters. The third-order valence-electron chi connectivity index (χ3n) is 10.1. The van der Waals surface area contributed by atoms with Gasteiger partial charge in [-0.3, -0.25) is 4.57 Å². The highest BCUT2D eigenvalue weighted by Crippen LogP contribution is 2.40. The first kappa shape index (κ1) is 27.1. The van der Waals surface area contributed by atoms with E-state index in [2.05, 4.69) is 167 Å². The molecule has 0 aliphatic heterocycles. The van der Waals surface area contributed by atoms with Gasteiger partial charge in [-0.1, -0.05) is 140 Å². The van der Waals surface area contributed by atoms with Gasteiger partial charge in [0.15, 0.2) is 11.6 Å². The molecule has 232 valence electrons. The van der Waals surface area contributed by atoms with Crippen molar-refractivity contribution in [2.75, 3.05) is 0 Å². The Morgan fingerprint density at radius 3 is 1.60 bits per heavy atom.